The van der Waals surface area contributed by atoms with Crippen LogP contribution in [0.4, 0.5) is 15.8 Å². The first-order chi connectivity index (χ1) is 15.7. The van der Waals surface area contributed by atoms with Gasteiger partial charge in [-0.05, 0) is 72.9 Å². The summed E-state index contributed by atoms with van der Waals surface area (Å²) in [5.74, 6) is -0.382. The fourth-order valence-corrected chi connectivity index (χ4v) is 6.35. The fourth-order valence-electron chi connectivity index (χ4n) is 4.74. The third kappa shape index (κ3) is 4.01. The van der Waals surface area contributed by atoms with Gasteiger partial charge in [0, 0.05) is 27.2 Å². The molecule has 0 saturated carbocycles. The molecule has 0 saturated heterocycles. The average molecular weight is 503 g/mol. The third-order valence-corrected chi connectivity index (χ3v) is 8.33. The van der Waals surface area contributed by atoms with Crippen LogP contribution in [0.1, 0.15) is 35.1 Å². The Balaban J connectivity index is 1.52. The zero-order chi connectivity index (χ0) is 23.3. The maximum atomic E-state index is 14.7. The molecule has 0 amide bonds. The SMILES string of the molecule is Cc1ccc(Cl)cc1NS(=O)(=O)c1ccc2c(c1)[C@H]1C=CC[C@H]1[C@@H](c1c(F)cccc1Cl)N2. The van der Waals surface area contributed by atoms with Gasteiger partial charge in [0.2, 0.25) is 0 Å². The number of allylic oxidation sites excluding steroid dienone is 2. The second-order valence-electron chi connectivity index (χ2n) is 8.42. The van der Waals surface area contributed by atoms with Gasteiger partial charge in [-0.15, -0.1) is 0 Å². The van der Waals surface area contributed by atoms with Crippen molar-refractivity contribution in [1.29, 1.82) is 0 Å². The van der Waals surface area contributed by atoms with Crippen LogP contribution in [0.2, 0.25) is 10.0 Å². The normalized spacial score (nSPS) is 21.3. The minimum atomic E-state index is -3.84. The van der Waals surface area contributed by atoms with Crippen molar-refractivity contribution in [3.63, 3.8) is 0 Å². The Morgan fingerprint density at radius 1 is 1.09 bits per heavy atom. The number of halogens is 3. The summed E-state index contributed by atoms with van der Waals surface area (Å²) in [5, 5.41) is 4.24. The van der Waals surface area contributed by atoms with Gasteiger partial charge >= 0.3 is 0 Å². The molecule has 0 bridgehead atoms. The molecule has 1 aliphatic heterocycles. The van der Waals surface area contributed by atoms with E-state index in [1.807, 2.05) is 6.92 Å². The first-order valence-electron chi connectivity index (χ1n) is 10.5. The molecular formula is C25H21Cl2FN2O2S. The molecule has 4 nitrogen and oxygen atoms in total. The highest BCUT2D eigenvalue weighted by Gasteiger charge is 2.40. The van der Waals surface area contributed by atoms with Gasteiger partial charge in [-0.25, -0.2) is 12.8 Å². The predicted molar refractivity (Wildman–Crippen MR) is 131 cm³/mol. The maximum Gasteiger partial charge on any atom is 0.261 e. The molecular weight excluding hydrogens is 482 g/mol. The van der Waals surface area contributed by atoms with Crippen molar-refractivity contribution in [3.8, 4) is 0 Å². The van der Waals surface area contributed by atoms with Gasteiger partial charge in [0.05, 0.1) is 16.6 Å². The number of anilines is 2. The van der Waals surface area contributed by atoms with E-state index in [0.717, 1.165) is 23.2 Å². The summed E-state index contributed by atoms with van der Waals surface area (Å²) < 4.78 is 43.7. The molecule has 3 aromatic carbocycles. The van der Waals surface area contributed by atoms with Gasteiger partial charge in [-0.3, -0.25) is 4.72 Å². The summed E-state index contributed by atoms with van der Waals surface area (Å²) in [5.41, 5.74) is 3.28. The lowest BCUT2D eigenvalue weighted by atomic mass is 9.77. The van der Waals surface area contributed by atoms with E-state index < -0.39 is 10.0 Å². The quantitative estimate of drug-likeness (QED) is 0.375. The smallest absolute Gasteiger partial charge is 0.261 e. The van der Waals surface area contributed by atoms with Gasteiger partial charge in [0.15, 0.2) is 0 Å². The van der Waals surface area contributed by atoms with Crippen LogP contribution in [-0.4, -0.2) is 8.42 Å². The van der Waals surface area contributed by atoms with Gasteiger partial charge in [0.25, 0.3) is 10.0 Å². The molecule has 0 aromatic heterocycles. The van der Waals surface area contributed by atoms with Crippen molar-refractivity contribution in [2.75, 3.05) is 10.0 Å². The van der Waals surface area contributed by atoms with E-state index in [9.17, 15) is 12.8 Å². The molecule has 33 heavy (non-hydrogen) atoms. The molecule has 0 spiro atoms. The molecule has 8 heteroatoms. The molecule has 0 radical (unpaired) electrons. The minimum Gasteiger partial charge on any atom is -0.378 e. The molecule has 1 heterocycles. The number of fused-ring (bicyclic) bond motifs is 3. The van der Waals surface area contributed by atoms with Crippen LogP contribution < -0.4 is 10.0 Å². The molecule has 2 aliphatic rings. The minimum absolute atomic E-state index is 0.0213. The molecule has 1 aliphatic carbocycles. The Morgan fingerprint density at radius 3 is 2.70 bits per heavy atom. The van der Waals surface area contributed by atoms with Gasteiger partial charge < -0.3 is 5.32 Å². The highest BCUT2D eigenvalue weighted by molar-refractivity contribution is 7.92. The highest BCUT2D eigenvalue weighted by Crippen LogP contribution is 2.51. The monoisotopic (exact) mass is 502 g/mol. The molecule has 3 atom stereocenters. The number of hydrogen-bond donors (Lipinski definition) is 2. The number of aryl methyl sites for hydroxylation is 1. The van der Waals surface area contributed by atoms with Gasteiger partial charge in [0.1, 0.15) is 5.82 Å². The summed E-state index contributed by atoms with van der Waals surface area (Å²) in [7, 11) is -3.84. The van der Waals surface area contributed by atoms with Crippen LogP contribution in [0, 0.1) is 18.7 Å². The third-order valence-electron chi connectivity index (χ3n) is 6.40. The number of sulfonamides is 1. The number of rotatable bonds is 4. The van der Waals surface area contributed by atoms with Crippen molar-refractivity contribution in [2.24, 2.45) is 5.92 Å². The van der Waals surface area contributed by atoms with E-state index in [2.05, 4.69) is 22.2 Å². The Hall–Kier alpha value is -2.54. The van der Waals surface area contributed by atoms with Gasteiger partial charge in [-0.2, -0.15) is 0 Å². The van der Waals surface area contributed by atoms with Crippen LogP contribution in [0.3, 0.4) is 0 Å². The second kappa shape index (κ2) is 8.35. The van der Waals surface area contributed by atoms with Crippen molar-refractivity contribution in [1.82, 2.24) is 0 Å². The Kier molecular flexibility index (Phi) is 5.63. The lowest BCUT2D eigenvalue weighted by Gasteiger charge is -2.38. The van der Waals surface area contributed by atoms with Crippen molar-refractivity contribution >= 4 is 44.6 Å². The maximum absolute atomic E-state index is 14.7. The largest absolute Gasteiger partial charge is 0.378 e. The number of nitrogens with one attached hydrogen (secondary N) is 2. The first-order valence-corrected chi connectivity index (χ1v) is 12.8. The van der Waals surface area contributed by atoms with E-state index >= 15 is 0 Å². The van der Waals surface area contributed by atoms with Crippen molar-refractivity contribution in [3.05, 3.63) is 99.3 Å². The summed E-state index contributed by atoms with van der Waals surface area (Å²) >= 11 is 12.4. The molecule has 0 unspecified atom stereocenters. The van der Waals surface area contributed by atoms with E-state index in [1.54, 1.807) is 48.5 Å². The lowest BCUT2D eigenvalue weighted by Crippen LogP contribution is -2.30. The van der Waals surface area contributed by atoms with Crippen LogP contribution in [-0.2, 0) is 10.0 Å². The Morgan fingerprint density at radius 2 is 1.91 bits per heavy atom. The van der Waals surface area contributed by atoms with Crippen LogP contribution in [0.15, 0.2) is 71.6 Å². The van der Waals surface area contributed by atoms with Crippen LogP contribution >= 0.6 is 23.2 Å². The zero-order valence-corrected chi connectivity index (χ0v) is 20.0. The molecule has 0 fully saturated rings. The summed E-state index contributed by atoms with van der Waals surface area (Å²) in [4.78, 5) is 0.156. The second-order valence-corrected chi connectivity index (χ2v) is 11.0. The van der Waals surface area contributed by atoms with Crippen molar-refractivity contribution < 1.29 is 12.8 Å². The van der Waals surface area contributed by atoms with E-state index in [4.69, 9.17) is 23.2 Å². The average Bonchev–Trinajstić information content (AvgIpc) is 3.26. The molecule has 2 N–H and O–H groups in total. The van der Waals surface area contributed by atoms with E-state index in [-0.39, 0.29) is 28.6 Å². The Labute approximate surface area is 202 Å². The molecule has 170 valence electrons. The summed E-state index contributed by atoms with van der Waals surface area (Å²) in [6.45, 7) is 1.81. The van der Waals surface area contributed by atoms with Crippen LogP contribution in [0.5, 0.6) is 0 Å². The van der Waals surface area contributed by atoms with Crippen molar-refractivity contribution in [2.45, 2.75) is 30.2 Å². The van der Waals surface area contributed by atoms with Crippen LogP contribution in [0.25, 0.3) is 0 Å². The standard InChI is InChI=1S/C25H21Cl2FN2O2S/c1-14-8-9-15(26)12-23(14)30-33(31,32)16-10-11-22-19(13-16)17-4-2-5-18(17)25(29-22)24-20(27)6-3-7-21(24)28/h2-4,6-13,17-18,25,29-30H,5H2,1H3/t17-,18+,25-/m0/s1. The summed E-state index contributed by atoms with van der Waals surface area (Å²) in [6, 6.07) is 14.4. The zero-order valence-electron chi connectivity index (χ0n) is 17.6. The molecule has 5 rings (SSSR count). The highest BCUT2D eigenvalue weighted by atomic mass is 35.5. The Bertz CT molecular complexity index is 1370. The predicted octanol–water partition coefficient (Wildman–Crippen LogP) is 7.07. The topological polar surface area (TPSA) is 58.2 Å². The number of benzene rings is 3. The van der Waals surface area contributed by atoms with E-state index in [1.165, 1.54) is 6.07 Å². The number of hydrogen-bond acceptors (Lipinski definition) is 3. The molecule has 3 aromatic rings. The van der Waals surface area contributed by atoms with E-state index in [0.29, 0.717) is 21.3 Å². The summed E-state index contributed by atoms with van der Waals surface area (Å²) in [6.07, 6.45) is 4.86. The van der Waals surface area contributed by atoms with Gasteiger partial charge in [-0.1, -0.05) is 47.5 Å². The first kappa shape index (κ1) is 22.3. The fraction of sp³-hybridized carbons (Fsp3) is 0.200. The lowest BCUT2D eigenvalue weighted by molar-refractivity contribution is 0.413.